The van der Waals surface area contributed by atoms with Gasteiger partial charge in [0.05, 0.1) is 28.9 Å². The number of hydrogen-bond acceptors (Lipinski definition) is 6. The van der Waals surface area contributed by atoms with Gasteiger partial charge in [0.25, 0.3) is 0 Å². The quantitative estimate of drug-likeness (QED) is 0.749. The first-order chi connectivity index (χ1) is 12.4. The summed E-state index contributed by atoms with van der Waals surface area (Å²) in [6.45, 7) is 3.58. The van der Waals surface area contributed by atoms with E-state index in [0.29, 0.717) is 36.2 Å². The summed E-state index contributed by atoms with van der Waals surface area (Å²) in [5.74, 6) is 1.38. The summed E-state index contributed by atoms with van der Waals surface area (Å²) in [6, 6.07) is 3.66. The van der Waals surface area contributed by atoms with Crippen LogP contribution in [0.1, 0.15) is 30.2 Å². The molecule has 1 aliphatic heterocycles. The van der Waals surface area contributed by atoms with Crippen LogP contribution in [0.4, 0.5) is 18.3 Å². The number of rotatable bonds is 3. The monoisotopic (exact) mass is 383 g/mol. The van der Waals surface area contributed by atoms with Gasteiger partial charge in [0.1, 0.15) is 11.9 Å². The maximum Gasteiger partial charge on any atom is 0.416 e. The highest BCUT2D eigenvalue weighted by Crippen LogP contribution is 2.36. The number of benzene rings is 1. The molecule has 1 aromatic carbocycles. The van der Waals surface area contributed by atoms with Crippen LogP contribution in [0.3, 0.4) is 0 Å². The Morgan fingerprint density at radius 2 is 2.19 bits per heavy atom. The fraction of sp³-hybridized carbons (Fsp3) is 0.438. The summed E-state index contributed by atoms with van der Waals surface area (Å²) in [5.41, 5.74) is -0.330. The minimum Gasteiger partial charge on any atom is -0.366 e. The van der Waals surface area contributed by atoms with E-state index in [4.69, 9.17) is 4.74 Å². The summed E-state index contributed by atoms with van der Waals surface area (Å²) in [6.07, 6.45) is -3.91. The first-order valence-corrected chi connectivity index (χ1v) is 9.01. The van der Waals surface area contributed by atoms with E-state index in [0.717, 1.165) is 29.1 Å². The Morgan fingerprint density at radius 1 is 1.35 bits per heavy atom. The van der Waals surface area contributed by atoms with Gasteiger partial charge in [-0.25, -0.2) is 9.97 Å². The summed E-state index contributed by atoms with van der Waals surface area (Å²) in [4.78, 5) is 10.8. The topological polar surface area (TPSA) is 66.9 Å². The third-order valence-corrected chi connectivity index (χ3v) is 5.31. The van der Waals surface area contributed by atoms with Crippen molar-refractivity contribution in [3.63, 3.8) is 0 Å². The number of aromatic nitrogens is 4. The molecule has 1 fully saturated rings. The van der Waals surface area contributed by atoms with Gasteiger partial charge in [-0.05, 0) is 18.2 Å². The highest BCUT2D eigenvalue weighted by molar-refractivity contribution is 7.22. The van der Waals surface area contributed by atoms with Gasteiger partial charge >= 0.3 is 6.18 Å². The van der Waals surface area contributed by atoms with E-state index in [1.165, 1.54) is 17.4 Å². The molecule has 26 heavy (non-hydrogen) atoms. The van der Waals surface area contributed by atoms with Gasteiger partial charge in [-0.3, -0.25) is 5.10 Å². The van der Waals surface area contributed by atoms with Crippen LogP contribution >= 0.6 is 11.3 Å². The lowest BCUT2D eigenvalue weighted by atomic mass is 10.2. The molecule has 0 bridgehead atoms. The van der Waals surface area contributed by atoms with Crippen molar-refractivity contribution in [3.05, 3.63) is 35.4 Å². The second-order valence-corrected chi connectivity index (χ2v) is 6.99. The predicted molar refractivity (Wildman–Crippen MR) is 91.3 cm³/mol. The number of ether oxygens (including phenoxy) is 1. The maximum atomic E-state index is 12.9. The molecule has 10 heteroatoms. The predicted octanol–water partition coefficient (Wildman–Crippen LogP) is 3.57. The third-order valence-electron chi connectivity index (χ3n) is 4.21. The van der Waals surface area contributed by atoms with Crippen molar-refractivity contribution in [1.82, 2.24) is 20.2 Å². The molecule has 0 spiro atoms. The van der Waals surface area contributed by atoms with Crippen molar-refractivity contribution < 1.29 is 17.9 Å². The largest absolute Gasteiger partial charge is 0.416 e. The van der Waals surface area contributed by atoms with E-state index < -0.39 is 11.7 Å². The molecule has 3 heterocycles. The van der Waals surface area contributed by atoms with Gasteiger partial charge in [-0.1, -0.05) is 18.3 Å². The molecule has 1 aliphatic rings. The molecule has 0 aliphatic carbocycles. The SMILES string of the molecule is CCc1nc(C2CN(c3nc4cc(C(F)(F)F)ccc4s3)CCO2)n[nH]1. The number of hydrogen-bond donors (Lipinski definition) is 1. The maximum absolute atomic E-state index is 12.9. The summed E-state index contributed by atoms with van der Waals surface area (Å²) < 4.78 is 45.1. The van der Waals surface area contributed by atoms with Crippen LogP contribution in [0.25, 0.3) is 10.2 Å². The van der Waals surface area contributed by atoms with E-state index in [1.54, 1.807) is 0 Å². The van der Waals surface area contributed by atoms with Crippen LogP contribution in [-0.4, -0.2) is 39.9 Å². The van der Waals surface area contributed by atoms with E-state index >= 15 is 0 Å². The summed E-state index contributed by atoms with van der Waals surface area (Å²) in [7, 11) is 0. The second kappa shape index (κ2) is 6.51. The number of morpholine rings is 1. The van der Waals surface area contributed by atoms with Crippen molar-refractivity contribution in [2.45, 2.75) is 25.6 Å². The number of anilines is 1. The van der Waals surface area contributed by atoms with Crippen LogP contribution in [0.15, 0.2) is 18.2 Å². The molecular weight excluding hydrogens is 367 g/mol. The molecule has 0 radical (unpaired) electrons. The summed E-state index contributed by atoms with van der Waals surface area (Å²) >= 11 is 1.37. The van der Waals surface area contributed by atoms with Gasteiger partial charge < -0.3 is 9.64 Å². The first kappa shape index (κ1) is 17.2. The number of H-pyrrole nitrogens is 1. The van der Waals surface area contributed by atoms with Crippen LogP contribution in [0.2, 0.25) is 0 Å². The molecule has 0 amide bonds. The van der Waals surface area contributed by atoms with Crippen molar-refractivity contribution >= 4 is 26.7 Å². The number of aryl methyl sites for hydroxylation is 1. The number of nitrogens with one attached hydrogen (secondary N) is 1. The lowest BCUT2D eigenvalue weighted by Crippen LogP contribution is -2.38. The zero-order chi connectivity index (χ0) is 18.3. The van der Waals surface area contributed by atoms with E-state index in [1.807, 2.05) is 11.8 Å². The van der Waals surface area contributed by atoms with Crippen LogP contribution < -0.4 is 4.90 Å². The van der Waals surface area contributed by atoms with Gasteiger partial charge in [0.2, 0.25) is 0 Å². The van der Waals surface area contributed by atoms with Gasteiger partial charge in [0, 0.05) is 13.0 Å². The highest BCUT2D eigenvalue weighted by atomic mass is 32.1. The lowest BCUT2D eigenvalue weighted by molar-refractivity contribution is -0.137. The van der Waals surface area contributed by atoms with Crippen molar-refractivity contribution in [2.75, 3.05) is 24.6 Å². The Balaban J connectivity index is 1.58. The number of halogens is 3. The minimum absolute atomic E-state index is 0.293. The van der Waals surface area contributed by atoms with Crippen molar-refractivity contribution in [2.24, 2.45) is 0 Å². The Morgan fingerprint density at radius 3 is 2.92 bits per heavy atom. The van der Waals surface area contributed by atoms with Gasteiger partial charge in [0.15, 0.2) is 11.0 Å². The molecule has 1 saturated heterocycles. The van der Waals surface area contributed by atoms with Gasteiger partial charge in [-0.2, -0.15) is 18.3 Å². The molecule has 2 aromatic heterocycles. The zero-order valence-electron chi connectivity index (χ0n) is 13.9. The lowest BCUT2D eigenvalue weighted by Gasteiger charge is -2.31. The Labute approximate surface area is 151 Å². The minimum atomic E-state index is -4.37. The average Bonchev–Trinajstić information content (AvgIpc) is 3.27. The number of aromatic amines is 1. The normalized spacial score (nSPS) is 18.6. The number of alkyl halides is 3. The Hall–Kier alpha value is -2.20. The molecular formula is C16H16F3N5OS. The molecule has 0 saturated carbocycles. The van der Waals surface area contributed by atoms with E-state index in [9.17, 15) is 13.2 Å². The number of thiazole rings is 1. The fourth-order valence-corrected chi connectivity index (χ4v) is 3.80. The molecule has 6 nitrogen and oxygen atoms in total. The fourth-order valence-electron chi connectivity index (χ4n) is 2.82. The van der Waals surface area contributed by atoms with Crippen LogP contribution in [0, 0.1) is 0 Å². The Bertz CT molecular complexity index is 922. The molecule has 1 atom stereocenters. The van der Waals surface area contributed by atoms with Crippen molar-refractivity contribution in [1.29, 1.82) is 0 Å². The van der Waals surface area contributed by atoms with Crippen molar-refractivity contribution in [3.8, 4) is 0 Å². The highest BCUT2D eigenvalue weighted by Gasteiger charge is 2.31. The molecule has 1 unspecified atom stereocenters. The second-order valence-electron chi connectivity index (χ2n) is 5.98. The first-order valence-electron chi connectivity index (χ1n) is 8.19. The zero-order valence-corrected chi connectivity index (χ0v) is 14.7. The molecule has 138 valence electrons. The van der Waals surface area contributed by atoms with Crippen LogP contribution in [0.5, 0.6) is 0 Å². The smallest absolute Gasteiger partial charge is 0.366 e. The molecule has 1 N–H and O–H groups in total. The Kier molecular flexibility index (Phi) is 4.31. The molecule has 3 aromatic rings. The van der Waals surface area contributed by atoms with E-state index in [-0.39, 0.29) is 6.10 Å². The summed E-state index contributed by atoms with van der Waals surface area (Å²) in [5, 5.41) is 7.74. The standard InChI is InChI=1S/C16H16F3N5OS/c1-2-13-21-14(23-22-13)11-8-24(5-6-25-11)15-20-10-7-9(16(17,18)19)3-4-12(10)26-15/h3-4,7,11H,2,5-6,8H2,1H3,(H,21,22,23). The third kappa shape index (κ3) is 3.26. The van der Waals surface area contributed by atoms with Crippen LogP contribution in [-0.2, 0) is 17.3 Å². The number of fused-ring (bicyclic) bond motifs is 1. The molecule has 4 rings (SSSR count). The number of nitrogens with zero attached hydrogens (tertiary/aromatic N) is 4. The average molecular weight is 383 g/mol. The van der Waals surface area contributed by atoms with E-state index in [2.05, 4.69) is 20.2 Å². The van der Waals surface area contributed by atoms with Gasteiger partial charge in [-0.15, -0.1) is 0 Å².